The van der Waals surface area contributed by atoms with Crippen molar-refractivity contribution in [2.45, 2.75) is 30.7 Å². The summed E-state index contributed by atoms with van der Waals surface area (Å²) in [5.41, 5.74) is 1.86. The van der Waals surface area contributed by atoms with E-state index < -0.39 is 10.0 Å². The van der Waals surface area contributed by atoms with Gasteiger partial charge in [0.2, 0.25) is 10.0 Å². The van der Waals surface area contributed by atoms with E-state index in [1.54, 1.807) is 43.6 Å². The minimum absolute atomic E-state index is 0.0853. The molecule has 5 nitrogen and oxygen atoms in total. The minimum Gasteiger partial charge on any atom is -0.497 e. The standard InChI is InChI=1S/C18H24N2O3S2/c1-14-11-16(23-2)5-6-18(14)25(21,22)19-12-17(15-7-10-24-13-15)20-8-3-4-9-20/h5-7,10-11,13,17,19H,3-4,8-9,12H2,1-2H3/t17-/m1/s1. The Morgan fingerprint density at radius 3 is 2.64 bits per heavy atom. The highest BCUT2D eigenvalue weighted by atomic mass is 32.2. The Morgan fingerprint density at radius 1 is 1.28 bits per heavy atom. The van der Waals surface area contributed by atoms with Crippen LogP contribution < -0.4 is 9.46 Å². The van der Waals surface area contributed by atoms with Crippen molar-refractivity contribution >= 4 is 21.4 Å². The van der Waals surface area contributed by atoms with Crippen molar-refractivity contribution in [2.24, 2.45) is 0 Å². The van der Waals surface area contributed by atoms with Gasteiger partial charge >= 0.3 is 0 Å². The van der Waals surface area contributed by atoms with Gasteiger partial charge in [-0.3, -0.25) is 4.90 Å². The van der Waals surface area contributed by atoms with Gasteiger partial charge in [0, 0.05) is 12.6 Å². The number of nitrogens with one attached hydrogen (secondary N) is 1. The number of ether oxygens (including phenoxy) is 1. The lowest BCUT2D eigenvalue weighted by Crippen LogP contribution is -2.36. The number of hydrogen-bond acceptors (Lipinski definition) is 5. The molecule has 1 aliphatic heterocycles. The van der Waals surface area contributed by atoms with Crippen LogP contribution in [-0.2, 0) is 10.0 Å². The van der Waals surface area contributed by atoms with Gasteiger partial charge in [-0.15, -0.1) is 0 Å². The van der Waals surface area contributed by atoms with Gasteiger partial charge < -0.3 is 4.74 Å². The largest absolute Gasteiger partial charge is 0.497 e. The fourth-order valence-electron chi connectivity index (χ4n) is 3.29. The third-order valence-corrected chi connectivity index (χ3v) is 6.93. The lowest BCUT2D eigenvalue weighted by molar-refractivity contribution is 0.247. The molecule has 1 aliphatic rings. The minimum atomic E-state index is -3.56. The van der Waals surface area contributed by atoms with E-state index in [0.717, 1.165) is 13.1 Å². The summed E-state index contributed by atoms with van der Waals surface area (Å²) >= 11 is 1.65. The van der Waals surface area contributed by atoms with E-state index in [1.807, 2.05) is 5.38 Å². The molecule has 136 valence electrons. The number of rotatable bonds is 7. The van der Waals surface area contributed by atoms with Crippen molar-refractivity contribution in [3.63, 3.8) is 0 Å². The number of hydrogen-bond donors (Lipinski definition) is 1. The van der Waals surface area contributed by atoms with Crippen LogP contribution in [0.3, 0.4) is 0 Å². The van der Waals surface area contributed by atoms with Crippen LogP contribution in [0.15, 0.2) is 39.9 Å². The van der Waals surface area contributed by atoms with E-state index in [1.165, 1.54) is 18.4 Å². The lowest BCUT2D eigenvalue weighted by atomic mass is 10.1. The number of methoxy groups -OCH3 is 1. The molecule has 1 atom stereocenters. The first kappa shape index (κ1) is 18.4. The molecule has 0 bridgehead atoms. The number of nitrogens with zero attached hydrogens (tertiary/aromatic N) is 1. The smallest absolute Gasteiger partial charge is 0.240 e. The van der Waals surface area contributed by atoms with Crippen molar-refractivity contribution in [2.75, 3.05) is 26.7 Å². The van der Waals surface area contributed by atoms with Gasteiger partial charge in [-0.2, -0.15) is 11.3 Å². The molecule has 0 saturated carbocycles. The SMILES string of the molecule is COc1ccc(S(=O)(=O)NC[C@H](c2ccsc2)N2CCCC2)c(C)c1. The maximum Gasteiger partial charge on any atom is 0.240 e. The number of benzene rings is 1. The van der Waals surface area contributed by atoms with Crippen molar-refractivity contribution in [3.8, 4) is 5.75 Å². The predicted molar refractivity (Wildman–Crippen MR) is 101 cm³/mol. The molecule has 7 heteroatoms. The Balaban J connectivity index is 1.77. The highest BCUT2D eigenvalue weighted by molar-refractivity contribution is 7.89. The van der Waals surface area contributed by atoms with Gasteiger partial charge in [0.25, 0.3) is 0 Å². The fraction of sp³-hybridized carbons (Fsp3) is 0.444. The maximum atomic E-state index is 12.8. The molecule has 1 aromatic carbocycles. The summed E-state index contributed by atoms with van der Waals surface area (Å²) < 4.78 is 33.5. The average molecular weight is 381 g/mol. The van der Waals surface area contributed by atoms with E-state index in [2.05, 4.69) is 21.1 Å². The van der Waals surface area contributed by atoms with E-state index in [0.29, 0.717) is 22.8 Å². The molecule has 2 aromatic rings. The molecular weight excluding hydrogens is 356 g/mol. The molecule has 1 saturated heterocycles. The number of thiophene rings is 1. The quantitative estimate of drug-likeness (QED) is 0.801. The summed E-state index contributed by atoms with van der Waals surface area (Å²) in [5, 5.41) is 4.15. The number of sulfonamides is 1. The molecule has 25 heavy (non-hydrogen) atoms. The molecule has 2 heterocycles. The van der Waals surface area contributed by atoms with Gasteiger partial charge in [0.15, 0.2) is 0 Å². The zero-order chi connectivity index (χ0) is 17.9. The summed E-state index contributed by atoms with van der Waals surface area (Å²) in [6.07, 6.45) is 2.34. The Morgan fingerprint density at radius 2 is 2.04 bits per heavy atom. The third-order valence-electron chi connectivity index (χ3n) is 4.65. The molecule has 0 amide bonds. The summed E-state index contributed by atoms with van der Waals surface area (Å²) in [4.78, 5) is 2.67. The molecule has 0 aliphatic carbocycles. The van der Waals surface area contributed by atoms with Crippen LogP contribution in [0.5, 0.6) is 5.75 Å². The molecular formula is C18H24N2O3S2. The molecule has 3 rings (SSSR count). The van der Waals surface area contributed by atoms with E-state index in [9.17, 15) is 8.42 Å². The van der Waals surface area contributed by atoms with Crippen LogP contribution in [0.1, 0.15) is 30.0 Å². The average Bonchev–Trinajstić information content (AvgIpc) is 3.28. The Labute approximate surface area is 153 Å². The first-order valence-electron chi connectivity index (χ1n) is 8.42. The molecule has 1 aromatic heterocycles. The zero-order valence-corrected chi connectivity index (χ0v) is 16.2. The molecule has 1 fully saturated rings. The van der Waals surface area contributed by atoms with Crippen LogP contribution in [0.4, 0.5) is 0 Å². The van der Waals surface area contributed by atoms with Gasteiger partial charge in [0.1, 0.15) is 5.75 Å². The monoisotopic (exact) mass is 380 g/mol. The molecule has 0 radical (unpaired) electrons. The second-order valence-corrected chi connectivity index (χ2v) is 8.81. The Hall–Kier alpha value is -1.41. The van der Waals surface area contributed by atoms with Crippen molar-refractivity contribution in [1.82, 2.24) is 9.62 Å². The number of aryl methyl sites for hydroxylation is 1. The van der Waals surface area contributed by atoms with Crippen molar-refractivity contribution in [1.29, 1.82) is 0 Å². The van der Waals surface area contributed by atoms with E-state index in [-0.39, 0.29) is 6.04 Å². The number of likely N-dealkylation sites (tertiary alicyclic amines) is 1. The van der Waals surface area contributed by atoms with Crippen LogP contribution >= 0.6 is 11.3 Å². The van der Waals surface area contributed by atoms with Crippen molar-refractivity contribution in [3.05, 3.63) is 46.2 Å². The Bertz CT molecular complexity index is 798. The lowest BCUT2D eigenvalue weighted by Gasteiger charge is -2.27. The summed E-state index contributed by atoms with van der Waals surface area (Å²) in [6.45, 7) is 4.20. The predicted octanol–water partition coefficient (Wildman–Crippen LogP) is 3.18. The van der Waals surface area contributed by atoms with E-state index in [4.69, 9.17) is 4.74 Å². The van der Waals surface area contributed by atoms with Crippen LogP contribution in [-0.4, -0.2) is 40.1 Å². The topological polar surface area (TPSA) is 58.6 Å². The zero-order valence-electron chi connectivity index (χ0n) is 14.6. The highest BCUT2D eigenvalue weighted by Gasteiger charge is 2.26. The fourth-order valence-corrected chi connectivity index (χ4v) is 5.26. The Kier molecular flexibility index (Phi) is 5.78. The summed E-state index contributed by atoms with van der Waals surface area (Å²) in [5.74, 6) is 0.657. The van der Waals surface area contributed by atoms with Crippen LogP contribution in [0.25, 0.3) is 0 Å². The summed E-state index contributed by atoms with van der Waals surface area (Å²) in [7, 11) is -1.99. The maximum absolute atomic E-state index is 12.8. The highest BCUT2D eigenvalue weighted by Crippen LogP contribution is 2.27. The first-order valence-corrected chi connectivity index (χ1v) is 10.8. The second kappa shape index (κ2) is 7.86. The van der Waals surface area contributed by atoms with Gasteiger partial charge in [-0.25, -0.2) is 13.1 Å². The molecule has 1 N–H and O–H groups in total. The second-order valence-electron chi connectivity index (χ2n) is 6.30. The summed E-state index contributed by atoms with van der Waals surface area (Å²) in [6, 6.07) is 7.19. The van der Waals surface area contributed by atoms with E-state index >= 15 is 0 Å². The van der Waals surface area contributed by atoms with Gasteiger partial charge in [-0.1, -0.05) is 0 Å². The normalized spacial score (nSPS) is 16.9. The van der Waals surface area contributed by atoms with Crippen LogP contribution in [0.2, 0.25) is 0 Å². The van der Waals surface area contributed by atoms with Crippen molar-refractivity contribution < 1.29 is 13.2 Å². The van der Waals surface area contributed by atoms with Crippen LogP contribution in [0, 0.1) is 6.92 Å². The molecule has 0 spiro atoms. The first-order chi connectivity index (χ1) is 12.0. The third kappa shape index (κ3) is 4.23. The van der Waals surface area contributed by atoms with Gasteiger partial charge in [-0.05, 0) is 79.0 Å². The van der Waals surface area contributed by atoms with Gasteiger partial charge in [0.05, 0.1) is 12.0 Å². The molecule has 0 unspecified atom stereocenters.